The summed E-state index contributed by atoms with van der Waals surface area (Å²) in [6.07, 6.45) is 3.14. The van der Waals surface area contributed by atoms with Crippen molar-refractivity contribution >= 4 is 61.7 Å². The molecule has 0 fully saturated rings. The largest absolute Gasteiger partial charge is 0.321 e. The maximum absolute atomic E-state index is 12.6. The zero-order valence-electron chi connectivity index (χ0n) is 11.5. The Morgan fingerprint density at radius 1 is 1.17 bits per heavy atom. The van der Waals surface area contributed by atoms with E-state index < -0.39 is 0 Å². The molecule has 23 heavy (non-hydrogen) atoms. The second-order valence-electron chi connectivity index (χ2n) is 4.61. The number of hydrogen-bond donors (Lipinski definition) is 1. The van der Waals surface area contributed by atoms with E-state index in [1.165, 1.54) is 0 Å². The predicted molar refractivity (Wildman–Crippen MR) is 101 cm³/mol. The minimum atomic E-state index is -0.255. The number of amides is 1. The molecule has 0 saturated heterocycles. The van der Waals surface area contributed by atoms with Crippen LogP contribution in [0.4, 0.5) is 5.69 Å². The van der Waals surface area contributed by atoms with E-state index >= 15 is 0 Å². The quantitative estimate of drug-likeness (QED) is 0.534. The van der Waals surface area contributed by atoms with Gasteiger partial charge in [-0.3, -0.25) is 9.36 Å². The number of rotatable bonds is 3. The van der Waals surface area contributed by atoms with Crippen molar-refractivity contribution in [1.82, 2.24) is 14.8 Å². The van der Waals surface area contributed by atoms with Gasteiger partial charge in [-0.05, 0) is 74.9 Å². The molecule has 0 bridgehead atoms. The lowest BCUT2D eigenvalue weighted by Gasteiger charge is -2.10. The molecule has 1 N–H and O–H groups in total. The minimum absolute atomic E-state index is 0.255. The monoisotopic (exact) mass is 502 g/mol. The molecule has 0 unspecified atom stereocenters. The van der Waals surface area contributed by atoms with E-state index in [1.807, 2.05) is 12.1 Å². The Morgan fingerprint density at radius 2 is 1.91 bits per heavy atom. The smallest absolute Gasteiger partial charge is 0.256 e. The van der Waals surface area contributed by atoms with Gasteiger partial charge >= 0.3 is 0 Å². The molecule has 3 rings (SSSR count). The number of carbonyl (C=O) groups is 1. The van der Waals surface area contributed by atoms with Crippen LogP contribution in [0.15, 0.2) is 53.5 Å². The van der Waals surface area contributed by atoms with E-state index in [1.54, 1.807) is 41.5 Å². The first kappa shape index (κ1) is 16.4. The molecule has 5 nitrogen and oxygen atoms in total. The molecule has 1 aromatic heterocycles. The lowest BCUT2D eigenvalue weighted by molar-refractivity contribution is 0.102. The molecule has 2 aromatic carbocycles. The highest BCUT2D eigenvalue weighted by Crippen LogP contribution is 2.26. The van der Waals surface area contributed by atoms with Gasteiger partial charge in [0.15, 0.2) is 0 Å². The van der Waals surface area contributed by atoms with Gasteiger partial charge in [0.2, 0.25) is 0 Å². The van der Waals surface area contributed by atoms with Crippen LogP contribution in [0.2, 0.25) is 5.02 Å². The first-order valence-electron chi connectivity index (χ1n) is 6.45. The van der Waals surface area contributed by atoms with Gasteiger partial charge in [0.1, 0.15) is 12.7 Å². The number of anilines is 1. The van der Waals surface area contributed by atoms with Crippen LogP contribution in [0.1, 0.15) is 10.4 Å². The highest BCUT2D eigenvalue weighted by molar-refractivity contribution is 14.1. The normalized spacial score (nSPS) is 10.6. The summed E-state index contributed by atoms with van der Waals surface area (Å²) in [6.45, 7) is 0. The molecule has 0 spiro atoms. The highest BCUT2D eigenvalue weighted by Gasteiger charge is 2.13. The molecule has 0 aliphatic heterocycles. The number of benzene rings is 2. The molecule has 0 aliphatic rings. The number of aromatic nitrogens is 3. The summed E-state index contributed by atoms with van der Waals surface area (Å²) in [7, 11) is 0. The molecule has 0 radical (unpaired) electrons. The standard InChI is InChI=1S/C15H9BrClIN4O/c16-12-3-2-10(22-7-19-20-8-22)6-11(12)15(23)21-14-4-1-9(18)5-13(14)17/h1-8H,(H,21,23). The molecule has 1 heterocycles. The van der Waals surface area contributed by atoms with Gasteiger partial charge < -0.3 is 5.32 Å². The van der Waals surface area contributed by atoms with Gasteiger partial charge in [0, 0.05) is 13.7 Å². The number of halogens is 3. The Hall–Kier alpha value is -1.45. The molecule has 3 aromatic rings. The summed E-state index contributed by atoms with van der Waals surface area (Å²) < 4.78 is 3.41. The number of hydrogen-bond acceptors (Lipinski definition) is 3. The second-order valence-corrected chi connectivity index (χ2v) is 7.12. The van der Waals surface area contributed by atoms with Crippen LogP contribution in [0, 0.1) is 3.57 Å². The topological polar surface area (TPSA) is 59.8 Å². The lowest BCUT2D eigenvalue weighted by Crippen LogP contribution is -2.13. The molecule has 8 heteroatoms. The zero-order chi connectivity index (χ0) is 16.4. The zero-order valence-corrected chi connectivity index (χ0v) is 16.0. The molecule has 0 saturated carbocycles. The number of nitrogens with zero attached hydrogens (tertiary/aromatic N) is 3. The third kappa shape index (κ3) is 3.73. The van der Waals surface area contributed by atoms with Crippen molar-refractivity contribution in [1.29, 1.82) is 0 Å². The minimum Gasteiger partial charge on any atom is -0.321 e. The molecule has 0 aliphatic carbocycles. The van der Waals surface area contributed by atoms with E-state index in [-0.39, 0.29) is 5.91 Å². The van der Waals surface area contributed by atoms with Crippen LogP contribution in [-0.4, -0.2) is 20.7 Å². The average molecular weight is 504 g/mol. The maximum atomic E-state index is 12.6. The van der Waals surface area contributed by atoms with Crippen molar-refractivity contribution in [2.75, 3.05) is 5.32 Å². The Labute approximate surface area is 159 Å². The Morgan fingerprint density at radius 3 is 2.61 bits per heavy atom. The third-order valence-corrected chi connectivity index (χ3v) is 4.77. The van der Waals surface area contributed by atoms with Crippen LogP contribution in [-0.2, 0) is 0 Å². The number of carbonyl (C=O) groups excluding carboxylic acids is 1. The lowest BCUT2D eigenvalue weighted by atomic mass is 10.1. The fourth-order valence-electron chi connectivity index (χ4n) is 1.96. The fourth-order valence-corrected chi connectivity index (χ4v) is 3.29. The van der Waals surface area contributed by atoms with E-state index in [2.05, 4.69) is 54.0 Å². The maximum Gasteiger partial charge on any atom is 0.256 e. The van der Waals surface area contributed by atoms with Gasteiger partial charge in [-0.1, -0.05) is 11.6 Å². The van der Waals surface area contributed by atoms with Gasteiger partial charge in [-0.25, -0.2) is 0 Å². The van der Waals surface area contributed by atoms with Gasteiger partial charge in [-0.2, -0.15) is 0 Å². The van der Waals surface area contributed by atoms with Crippen molar-refractivity contribution in [3.05, 3.63) is 67.7 Å². The molecular weight excluding hydrogens is 494 g/mol. The molecule has 0 atom stereocenters. The van der Waals surface area contributed by atoms with Crippen LogP contribution in [0.25, 0.3) is 5.69 Å². The SMILES string of the molecule is O=C(Nc1ccc(I)cc1Cl)c1cc(-n2cnnc2)ccc1Br. The van der Waals surface area contributed by atoms with Crippen LogP contribution in [0.3, 0.4) is 0 Å². The van der Waals surface area contributed by atoms with Crippen LogP contribution < -0.4 is 5.32 Å². The van der Waals surface area contributed by atoms with Crippen molar-refractivity contribution in [3.8, 4) is 5.69 Å². The number of nitrogens with one attached hydrogen (secondary N) is 1. The first-order valence-corrected chi connectivity index (χ1v) is 8.70. The van der Waals surface area contributed by atoms with Gasteiger partial charge in [0.05, 0.1) is 16.3 Å². The summed E-state index contributed by atoms with van der Waals surface area (Å²) in [5.41, 5.74) is 1.85. The fraction of sp³-hybridized carbons (Fsp3) is 0. The summed E-state index contributed by atoms with van der Waals surface area (Å²) >= 11 is 11.7. The van der Waals surface area contributed by atoms with E-state index in [4.69, 9.17) is 11.6 Å². The van der Waals surface area contributed by atoms with E-state index in [0.29, 0.717) is 20.7 Å². The predicted octanol–water partition coefficient (Wildman–Crippen LogP) is 4.54. The average Bonchev–Trinajstić information content (AvgIpc) is 3.05. The van der Waals surface area contributed by atoms with Crippen molar-refractivity contribution in [2.24, 2.45) is 0 Å². The second kappa shape index (κ2) is 6.98. The summed E-state index contributed by atoms with van der Waals surface area (Å²) in [5.74, 6) is -0.255. The van der Waals surface area contributed by atoms with Gasteiger partial charge in [-0.15, -0.1) is 10.2 Å². The van der Waals surface area contributed by atoms with Crippen molar-refractivity contribution in [2.45, 2.75) is 0 Å². The Balaban J connectivity index is 1.91. The Kier molecular flexibility index (Phi) is 4.98. The first-order chi connectivity index (χ1) is 11.0. The van der Waals surface area contributed by atoms with Crippen molar-refractivity contribution < 1.29 is 4.79 Å². The van der Waals surface area contributed by atoms with Gasteiger partial charge in [0.25, 0.3) is 5.91 Å². The van der Waals surface area contributed by atoms with Crippen molar-refractivity contribution in [3.63, 3.8) is 0 Å². The summed E-state index contributed by atoms with van der Waals surface area (Å²) in [6, 6.07) is 10.9. The van der Waals surface area contributed by atoms with Crippen LogP contribution >= 0.6 is 50.1 Å². The molecule has 1 amide bonds. The molecular formula is C15H9BrClIN4O. The highest BCUT2D eigenvalue weighted by atomic mass is 127. The van der Waals surface area contributed by atoms with E-state index in [0.717, 1.165) is 9.26 Å². The summed E-state index contributed by atoms with van der Waals surface area (Å²) in [4.78, 5) is 12.6. The summed E-state index contributed by atoms with van der Waals surface area (Å²) in [5, 5.41) is 10.9. The third-order valence-electron chi connectivity index (χ3n) is 3.09. The van der Waals surface area contributed by atoms with E-state index in [9.17, 15) is 4.79 Å². The Bertz CT molecular complexity index is 870. The molecule has 116 valence electrons. The van der Waals surface area contributed by atoms with Crippen LogP contribution in [0.5, 0.6) is 0 Å².